The number of nitrogens with one attached hydrogen (secondary N) is 1. The molecule has 108 valence electrons. The van der Waals surface area contributed by atoms with Gasteiger partial charge in [-0.1, -0.05) is 6.07 Å². The third-order valence-electron chi connectivity index (χ3n) is 2.31. The molecule has 0 fully saturated rings. The molecule has 1 N–H and O–H groups in total. The number of carbonyl (C=O) groups excluding carboxylic acids is 1. The molecule has 0 bridgehead atoms. The highest BCUT2D eigenvalue weighted by Gasteiger charge is 2.23. The first kappa shape index (κ1) is 16.1. The molecule has 0 heterocycles. The van der Waals surface area contributed by atoms with Gasteiger partial charge in [-0.2, -0.15) is 9.98 Å². The van der Waals surface area contributed by atoms with Gasteiger partial charge in [0.15, 0.2) is 0 Å². The molecule has 0 aromatic heterocycles. The number of benzene rings is 1. The first-order chi connectivity index (χ1) is 9.26. The van der Waals surface area contributed by atoms with Crippen LogP contribution >= 0.6 is 0 Å². The van der Waals surface area contributed by atoms with Crippen LogP contribution in [0.2, 0.25) is 0 Å². The summed E-state index contributed by atoms with van der Waals surface area (Å²) < 4.78 is 31.3. The number of nitrogens with zero attached hydrogens (tertiary/aromatic N) is 1. The molecule has 0 saturated heterocycles. The number of sulfonamides is 1. The fourth-order valence-electron chi connectivity index (χ4n) is 1.42. The third kappa shape index (κ3) is 4.33. The Hall–Kier alpha value is -1.91. The van der Waals surface area contributed by atoms with Crippen molar-refractivity contribution in [2.75, 3.05) is 0 Å². The summed E-state index contributed by atoms with van der Waals surface area (Å²) in [5.74, 6) is -0.653. The van der Waals surface area contributed by atoms with Gasteiger partial charge >= 0.3 is 5.97 Å². The van der Waals surface area contributed by atoms with Gasteiger partial charge in [-0.3, -0.25) is 4.79 Å². The fourth-order valence-corrected chi connectivity index (χ4v) is 2.65. The topological polar surface area (TPSA) is 96.3 Å². The molecule has 0 aliphatic heterocycles. The summed E-state index contributed by atoms with van der Waals surface area (Å²) in [5, 5.41) is 8.76. The van der Waals surface area contributed by atoms with Gasteiger partial charge in [0.1, 0.15) is 6.04 Å². The van der Waals surface area contributed by atoms with E-state index in [2.05, 4.69) is 4.72 Å². The van der Waals surface area contributed by atoms with Crippen LogP contribution in [0.4, 0.5) is 0 Å². The Morgan fingerprint density at radius 2 is 2.00 bits per heavy atom. The van der Waals surface area contributed by atoms with Crippen molar-refractivity contribution in [3.63, 3.8) is 0 Å². The normalized spacial score (nSPS) is 12.8. The first-order valence-corrected chi connectivity index (χ1v) is 7.47. The molecule has 7 heteroatoms. The molecule has 1 aromatic rings. The largest absolute Gasteiger partial charge is 0.462 e. The zero-order chi connectivity index (χ0) is 15.3. The van der Waals surface area contributed by atoms with Crippen molar-refractivity contribution in [3.8, 4) is 6.07 Å². The minimum Gasteiger partial charge on any atom is -0.462 e. The van der Waals surface area contributed by atoms with E-state index in [4.69, 9.17) is 10.00 Å². The average Bonchev–Trinajstić information content (AvgIpc) is 2.37. The quantitative estimate of drug-likeness (QED) is 0.823. The maximum atomic E-state index is 12.1. The van der Waals surface area contributed by atoms with Crippen LogP contribution < -0.4 is 4.72 Å². The van der Waals surface area contributed by atoms with E-state index >= 15 is 0 Å². The molecule has 1 atom stereocenters. The van der Waals surface area contributed by atoms with E-state index in [1.807, 2.05) is 6.07 Å². The summed E-state index contributed by atoms with van der Waals surface area (Å²) in [6, 6.07) is 6.40. The van der Waals surface area contributed by atoms with E-state index in [-0.39, 0.29) is 16.6 Å². The first-order valence-electron chi connectivity index (χ1n) is 5.99. The van der Waals surface area contributed by atoms with Crippen molar-refractivity contribution in [2.45, 2.75) is 37.8 Å². The van der Waals surface area contributed by atoms with E-state index in [0.717, 1.165) is 0 Å². The summed E-state index contributed by atoms with van der Waals surface area (Å²) in [6.07, 6.45) is -0.323. The number of rotatable bonds is 5. The summed E-state index contributed by atoms with van der Waals surface area (Å²) in [4.78, 5) is 11.5. The molecule has 0 unspecified atom stereocenters. The average molecular weight is 296 g/mol. The van der Waals surface area contributed by atoms with Gasteiger partial charge in [-0.05, 0) is 39.0 Å². The van der Waals surface area contributed by atoms with Crippen LogP contribution in [0.5, 0.6) is 0 Å². The summed E-state index contributed by atoms with van der Waals surface area (Å²) in [5.41, 5.74) is 0.227. The maximum Gasteiger partial charge on any atom is 0.324 e. The van der Waals surface area contributed by atoms with Gasteiger partial charge in [-0.15, -0.1) is 0 Å². The van der Waals surface area contributed by atoms with E-state index in [0.29, 0.717) is 0 Å². The molecule has 20 heavy (non-hydrogen) atoms. The van der Waals surface area contributed by atoms with E-state index in [1.54, 1.807) is 13.8 Å². The fraction of sp³-hybridized carbons (Fsp3) is 0.385. The van der Waals surface area contributed by atoms with Crippen LogP contribution in [0.25, 0.3) is 0 Å². The number of nitriles is 1. The zero-order valence-corrected chi connectivity index (χ0v) is 12.3. The summed E-state index contributed by atoms with van der Waals surface area (Å²) in [6.45, 7) is 4.75. The Bertz CT molecular complexity index is 632. The predicted molar refractivity (Wildman–Crippen MR) is 72.2 cm³/mol. The van der Waals surface area contributed by atoms with E-state index in [1.165, 1.54) is 31.2 Å². The number of ether oxygens (including phenoxy) is 1. The van der Waals surface area contributed by atoms with Crippen molar-refractivity contribution in [1.82, 2.24) is 4.72 Å². The number of carbonyl (C=O) groups is 1. The molecule has 0 aliphatic rings. The van der Waals surface area contributed by atoms with Crippen LogP contribution in [0.15, 0.2) is 29.2 Å². The molecule has 0 aliphatic carbocycles. The molecular formula is C13H16N2O4S. The van der Waals surface area contributed by atoms with Crippen molar-refractivity contribution < 1.29 is 17.9 Å². The van der Waals surface area contributed by atoms with E-state index < -0.39 is 22.0 Å². The van der Waals surface area contributed by atoms with Gasteiger partial charge < -0.3 is 4.74 Å². The van der Waals surface area contributed by atoms with Crippen molar-refractivity contribution in [1.29, 1.82) is 5.26 Å². The molecule has 0 saturated carbocycles. The van der Waals surface area contributed by atoms with Crippen molar-refractivity contribution >= 4 is 16.0 Å². The Labute approximate surface area is 118 Å². The van der Waals surface area contributed by atoms with Crippen molar-refractivity contribution in [2.24, 2.45) is 0 Å². The summed E-state index contributed by atoms with van der Waals surface area (Å²) in [7, 11) is -3.87. The molecular weight excluding hydrogens is 280 g/mol. The second-order valence-electron chi connectivity index (χ2n) is 4.47. The molecule has 1 rings (SSSR count). The van der Waals surface area contributed by atoms with Crippen LogP contribution in [-0.2, 0) is 19.6 Å². The second kappa shape index (κ2) is 6.50. The number of esters is 1. The molecule has 0 spiro atoms. The lowest BCUT2D eigenvalue weighted by Crippen LogP contribution is -2.40. The SMILES string of the molecule is CC(C)OC(=O)[C@@H](C)NS(=O)(=O)c1cccc(C#N)c1. The highest BCUT2D eigenvalue weighted by molar-refractivity contribution is 7.89. The van der Waals surface area contributed by atoms with Gasteiger partial charge in [0, 0.05) is 0 Å². The molecule has 0 amide bonds. The van der Waals surface area contributed by atoms with Gasteiger partial charge in [-0.25, -0.2) is 8.42 Å². The standard InChI is InChI=1S/C13H16N2O4S/c1-9(2)19-13(16)10(3)15-20(17,18)12-6-4-5-11(7-12)8-14/h4-7,9-10,15H,1-3H3/t10-/m1/s1. The Balaban J connectivity index is 2.90. The number of hydrogen-bond acceptors (Lipinski definition) is 5. The Morgan fingerprint density at radius 3 is 2.55 bits per heavy atom. The highest BCUT2D eigenvalue weighted by Crippen LogP contribution is 2.11. The Kier molecular flexibility index (Phi) is 5.25. The summed E-state index contributed by atoms with van der Waals surface area (Å²) >= 11 is 0. The molecule has 1 aromatic carbocycles. The monoisotopic (exact) mass is 296 g/mol. The second-order valence-corrected chi connectivity index (χ2v) is 6.18. The highest BCUT2D eigenvalue weighted by atomic mass is 32.2. The zero-order valence-electron chi connectivity index (χ0n) is 11.5. The molecule has 0 radical (unpaired) electrons. The van der Waals surface area contributed by atoms with Crippen LogP contribution in [0.1, 0.15) is 26.3 Å². The third-order valence-corrected chi connectivity index (χ3v) is 3.85. The van der Waals surface area contributed by atoms with Gasteiger partial charge in [0.25, 0.3) is 0 Å². The lowest BCUT2D eigenvalue weighted by atomic mass is 10.2. The van der Waals surface area contributed by atoms with Gasteiger partial charge in [0.2, 0.25) is 10.0 Å². The van der Waals surface area contributed by atoms with Crippen molar-refractivity contribution in [3.05, 3.63) is 29.8 Å². The minimum atomic E-state index is -3.87. The van der Waals surface area contributed by atoms with Crippen LogP contribution in [0, 0.1) is 11.3 Å². The smallest absolute Gasteiger partial charge is 0.324 e. The van der Waals surface area contributed by atoms with E-state index in [9.17, 15) is 13.2 Å². The van der Waals surface area contributed by atoms with Gasteiger partial charge in [0.05, 0.1) is 22.6 Å². The lowest BCUT2D eigenvalue weighted by Gasteiger charge is -2.15. The predicted octanol–water partition coefficient (Wildman–Crippen LogP) is 1.18. The lowest BCUT2D eigenvalue weighted by molar-refractivity contribution is -0.148. The van der Waals surface area contributed by atoms with Crippen LogP contribution in [-0.4, -0.2) is 26.5 Å². The number of hydrogen-bond donors (Lipinski definition) is 1. The maximum absolute atomic E-state index is 12.1. The van der Waals surface area contributed by atoms with Crippen LogP contribution in [0.3, 0.4) is 0 Å². The molecule has 6 nitrogen and oxygen atoms in total. The Morgan fingerprint density at radius 1 is 1.35 bits per heavy atom. The minimum absolute atomic E-state index is 0.0688.